The van der Waals surface area contributed by atoms with E-state index in [0.29, 0.717) is 10.8 Å². The molecule has 1 amide bonds. The number of esters is 2. The van der Waals surface area contributed by atoms with Gasteiger partial charge in [0.05, 0.1) is 35.7 Å². The van der Waals surface area contributed by atoms with Gasteiger partial charge in [-0.05, 0) is 13.0 Å². The smallest absolute Gasteiger partial charge is 0.414 e. The fraction of sp³-hybridized carbons (Fsp3) is 0.520. The lowest BCUT2D eigenvalue weighted by Gasteiger charge is -2.30. The van der Waals surface area contributed by atoms with Gasteiger partial charge in [0.25, 0.3) is 5.56 Å². The third-order valence-electron chi connectivity index (χ3n) is 6.41. The average Bonchev–Trinajstić information content (AvgIpc) is 3.31. The van der Waals surface area contributed by atoms with E-state index >= 15 is 0 Å². The molecule has 0 aliphatic carbocycles. The Morgan fingerprint density at radius 1 is 1.18 bits per heavy atom. The first-order chi connectivity index (χ1) is 18.8. The fourth-order valence-electron chi connectivity index (χ4n) is 4.30. The van der Waals surface area contributed by atoms with Gasteiger partial charge in [-0.15, -0.1) is 0 Å². The van der Waals surface area contributed by atoms with Crippen molar-refractivity contribution < 1.29 is 43.5 Å². The molecule has 4 atom stereocenters. The Labute approximate surface area is 227 Å². The van der Waals surface area contributed by atoms with Gasteiger partial charge in [0.1, 0.15) is 17.2 Å². The van der Waals surface area contributed by atoms with E-state index in [1.807, 2.05) is 0 Å². The number of aromatic amines is 1. The average molecular weight is 562 g/mol. The van der Waals surface area contributed by atoms with Crippen LogP contribution in [0.2, 0.25) is 0 Å². The van der Waals surface area contributed by atoms with Crippen molar-refractivity contribution in [1.82, 2.24) is 20.0 Å². The van der Waals surface area contributed by atoms with Crippen LogP contribution in [0.3, 0.4) is 0 Å². The number of H-pyrrole nitrogens is 1. The molecule has 1 saturated heterocycles. The van der Waals surface area contributed by atoms with Gasteiger partial charge in [-0.25, -0.2) is 14.6 Å². The predicted octanol–water partition coefficient (Wildman–Crippen LogP) is 1.19. The van der Waals surface area contributed by atoms with E-state index in [1.54, 1.807) is 27.7 Å². The molecule has 3 aromatic rings. The molecule has 4 unspecified atom stereocenters. The lowest BCUT2D eigenvalue weighted by atomic mass is 9.96. The highest BCUT2D eigenvalue weighted by Crippen LogP contribution is 2.41. The molecule has 1 fully saturated rings. The monoisotopic (exact) mass is 561 g/mol. The molecule has 0 saturated carbocycles. The van der Waals surface area contributed by atoms with Crippen LogP contribution < -0.4 is 10.9 Å². The molecule has 4 rings (SSSR count). The van der Waals surface area contributed by atoms with Gasteiger partial charge >= 0.3 is 18.0 Å². The molecule has 2 aromatic heterocycles. The van der Waals surface area contributed by atoms with E-state index in [4.69, 9.17) is 18.9 Å². The maximum atomic E-state index is 12.6. The zero-order chi connectivity index (χ0) is 29.4. The van der Waals surface area contributed by atoms with Gasteiger partial charge in [-0.1, -0.05) is 27.7 Å². The van der Waals surface area contributed by atoms with Gasteiger partial charge in [0.15, 0.2) is 12.3 Å². The van der Waals surface area contributed by atoms with Crippen LogP contribution in [0, 0.1) is 11.8 Å². The summed E-state index contributed by atoms with van der Waals surface area (Å²) in [6, 6.07) is 1.39. The fourth-order valence-corrected chi connectivity index (χ4v) is 4.30. The van der Waals surface area contributed by atoms with Crippen molar-refractivity contribution in [2.24, 2.45) is 11.8 Å². The van der Waals surface area contributed by atoms with E-state index in [9.17, 15) is 29.4 Å². The number of anilines is 1. The highest BCUT2D eigenvalue weighted by atomic mass is 16.7. The van der Waals surface area contributed by atoms with Gasteiger partial charge in [-0.2, -0.15) is 10.2 Å². The van der Waals surface area contributed by atoms with E-state index in [-0.39, 0.29) is 16.6 Å². The first-order valence-corrected chi connectivity index (χ1v) is 12.5. The second-order valence-electron chi connectivity index (χ2n) is 10.2. The third kappa shape index (κ3) is 5.48. The highest BCUT2D eigenvalue weighted by Gasteiger charge is 2.56. The molecule has 0 spiro atoms. The molecular weight excluding hydrogens is 530 g/mol. The number of carbonyl (C=O) groups is 3. The van der Waals surface area contributed by atoms with Crippen molar-refractivity contribution >= 4 is 45.4 Å². The molecule has 0 bridgehead atoms. The summed E-state index contributed by atoms with van der Waals surface area (Å²) in [6.45, 7) is 6.73. The van der Waals surface area contributed by atoms with Gasteiger partial charge < -0.3 is 29.2 Å². The van der Waals surface area contributed by atoms with Crippen LogP contribution in [0.4, 0.5) is 10.5 Å². The number of nitrogens with one attached hydrogen (secondary N) is 2. The zero-order valence-electron chi connectivity index (χ0n) is 22.5. The maximum Gasteiger partial charge on any atom is 0.414 e. The number of nitrogens with zero attached hydrogens (tertiary/aromatic N) is 3. The van der Waals surface area contributed by atoms with E-state index in [2.05, 4.69) is 20.6 Å². The predicted molar refractivity (Wildman–Crippen MR) is 138 cm³/mol. The summed E-state index contributed by atoms with van der Waals surface area (Å²) in [5.41, 5.74) is -2.07. The molecule has 3 heterocycles. The summed E-state index contributed by atoms with van der Waals surface area (Å²) in [4.78, 5) is 49.0. The Balaban J connectivity index is 1.72. The first-order valence-electron chi connectivity index (χ1n) is 12.5. The lowest BCUT2D eigenvalue weighted by molar-refractivity contribution is -0.168. The minimum Gasteiger partial charge on any atom is -0.456 e. The number of amides is 1. The van der Waals surface area contributed by atoms with Crippen LogP contribution in [0.25, 0.3) is 21.7 Å². The number of rotatable bonds is 8. The summed E-state index contributed by atoms with van der Waals surface area (Å²) in [5, 5.41) is 35.3. The number of aliphatic hydroxyl groups is 2. The SMILES string of the molecule is CC(C)C(=O)OCOC(=O)Nc1cc2c(=O)[nH]ncc3nn(C4OC(CO)C(OC(=O)C(C)C)C4(C)O)cc1c32. The van der Waals surface area contributed by atoms with Crippen LogP contribution >= 0.6 is 0 Å². The van der Waals surface area contributed by atoms with Crippen molar-refractivity contribution in [2.45, 2.75) is 58.7 Å². The topological polar surface area (TPSA) is 204 Å². The van der Waals surface area contributed by atoms with Crippen molar-refractivity contribution in [2.75, 3.05) is 18.7 Å². The molecule has 1 aliphatic rings. The maximum absolute atomic E-state index is 12.6. The van der Waals surface area contributed by atoms with Crippen molar-refractivity contribution in [3.05, 3.63) is 28.8 Å². The van der Waals surface area contributed by atoms with Crippen LogP contribution in [0.5, 0.6) is 0 Å². The Kier molecular flexibility index (Phi) is 8.09. The van der Waals surface area contributed by atoms with Gasteiger partial charge in [0, 0.05) is 17.0 Å². The quantitative estimate of drug-likeness (QED) is 0.226. The van der Waals surface area contributed by atoms with E-state index < -0.39 is 72.9 Å². The van der Waals surface area contributed by atoms with Gasteiger partial charge in [0.2, 0.25) is 6.79 Å². The molecular formula is C25H31N5O10. The minimum absolute atomic E-state index is 0.146. The molecule has 15 nitrogen and oxygen atoms in total. The van der Waals surface area contributed by atoms with Crippen LogP contribution in [0.1, 0.15) is 40.8 Å². The number of hydrogen-bond donors (Lipinski definition) is 4. The number of aliphatic hydroxyl groups excluding tert-OH is 1. The van der Waals surface area contributed by atoms with Crippen molar-refractivity contribution in [3.8, 4) is 0 Å². The second kappa shape index (κ2) is 11.2. The van der Waals surface area contributed by atoms with Crippen molar-refractivity contribution in [3.63, 3.8) is 0 Å². The number of carbonyl (C=O) groups excluding carboxylic acids is 3. The van der Waals surface area contributed by atoms with Gasteiger partial charge in [-0.3, -0.25) is 19.7 Å². The number of ether oxygens (including phenoxy) is 4. The molecule has 15 heteroatoms. The standard InChI is InChI=1S/C25H31N5O10/c1-11(2)21(33)37-10-38-24(35)27-15-6-13-18-14(15)8-30(29-16(18)7-26-28-20(13)32)23-25(5,36)19(17(9-31)39-23)40-22(34)12(3)4/h6-8,11-12,17,19,23,31,36H,9-10H2,1-5H3,(H,27,35)(H,28,32). The molecule has 1 aliphatic heterocycles. The largest absolute Gasteiger partial charge is 0.456 e. The highest BCUT2D eigenvalue weighted by molar-refractivity contribution is 6.16. The van der Waals surface area contributed by atoms with Crippen LogP contribution in [-0.4, -0.2) is 79.4 Å². The van der Waals surface area contributed by atoms with Crippen molar-refractivity contribution in [1.29, 1.82) is 0 Å². The van der Waals surface area contributed by atoms with Crippen LogP contribution in [0.15, 0.2) is 23.3 Å². The normalized spacial score (nSPS) is 22.7. The number of hydrogen-bond acceptors (Lipinski definition) is 12. The summed E-state index contributed by atoms with van der Waals surface area (Å²) in [5.74, 6) is -2.04. The third-order valence-corrected chi connectivity index (χ3v) is 6.41. The summed E-state index contributed by atoms with van der Waals surface area (Å²) < 4.78 is 22.4. The lowest BCUT2D eigenvalue weighted by Crippen LogP contribution is -2.47. The van der Waals surface area contributed by atoms with E-state index in [0.717, 1.165) is 0 Å². The molecule has 40 heavy (non-hydrogen) atoms. The zero-order valence-corrected chi connectivity index (χ0v) is 22.5. The Morgan fingerprint density at radius 3 is 2.52 bits per heavy atom. The second-order valence-corrected chi connectivity index (χ2v) is 10.2. The molecule has 4 N–H and O–H groups in total. The first kappa shape index (κ1) is 28.9. The van der Waals surface area contributed by atoms with E-state index in [1.165, 1.54) is 30.1 Å². The Hall–Kier alpha value is -4.08. The molecule has 216 valence electrons. The number of aromatic nitrogens is 4. The minimum atomic E-state index is -1.85. The summed E-state index contributed by atoms with van der Waals surface area (Å²) in [7, 11) is 0. The molecule has 0 radical (unpaired) electrons. The summed E-state index contributed by atoms with van der Waals surface area (Å²) in [6.07, 6.45) is -1.82. The Morgan fingerprint density at radius 2 is 1.88 bits per heavy atom. The summed E-state index contributed by atoms with van der Waals surface area (Å²) >= 11 is 0. The Bertz CT molecular complexity index is 1490. The van der Waals surface area contributed by atoms with Crippen LogP contribution in [-0.2, 0) is 28.5 Å². The molecule has 1 aromatic carbocycles.